The molecule has 5 nitrogen and oxygen atoms in total. The van der Waals surface area contributed by atoms with Gasteiger partial charge in [-0.05, 0) is 118 Å². The van der Waals surface area contributed by atoms with E-state index in [0.717, 1.165) is 28.3 Å². The molecule has 1 aliphatic rings. The minimum atomic E-state index is -0.486. The van der Waals surface area contributed by atoms with E-state index in [1.54, 1.807) is 6.08 Å². The maximum atomic E-state index is 12.4. The van der Waals surface area contributed by atoms with Crippen LogP contribution in [0.15, 0.2) is 75.8 Å². The third kappa shape index (κ3) is 6.15. The zero-order valence-electron chi connectivity index (χ0n) is 17.5. The first-order valence-electron chi connectivity index (χ1n) is 10.0. The quantitative estimate of drug-likeness (QED) is 0.150. The first-order valence-corrected chi connectivity index (χ1v) is 13.0. The van der Waals surface area contributed by atoms with E-state index >= 15 is 0 Å². The van der Waals surface area contributed by atoms with E-state index in [9.17, 15) is 4.79 Å². The van der Waals surface area contributed by atoms with Crippen molar-refractivity contribution in [2.75, 3.05) is 6.61 Å². The fraction of sp³-hybridized carbons (Fsp3) is 0.120. The summed E-state index contributed by atoms with van der Waals surface area (Å²) in [6.45, 7) is 2.84. The first-order chi connectivity index (χ1) is 15.9. The Morgan fingerprint density at radius 1 is 1.06 bits per heavy atom. The third-order valence-corrected chi connectivity index (χ3v) is 6.62. The number of cyclic esters (lactones) is 1. The molecule has 0 saturated heterocycles. The molecule has 0 atom stereocenters. The molecule has 33 heavy (non-hydrogen) atoms. The van der Waals surface area contributed by atoms with Crippen molar-refractivity contribution >= 4 is 79.1 Å². The van der Waals surface area contributed by atoms with E-state index in [-0.39, 0.29) is 11.6 Å². The summed E-state index contributed by atoms with van der Waals surface area (Å²) in [6.07, 6.45) is 1.70. The number of esters is 1. The van der Waals surface area contributed by atoms with Gasteiger partial charge in [0.15, 0.2) is 17.2 Å². The van der Waals surface area contributed by atoms with Crippen molar-refractivity contribution < 1.29 is 19.0 Å². The van der Waals surface area contributed by atoms with Crippen LogP contribution in [0.4, 0.5) is 0 Å². The summed E-state index contributed by atoms with van der Waals surface area (Å²) < 4.78 is 20.3. The molecule has 4 rings (SSSR count). The summed E-state index contributed by atoms with van der Waals surface area (Å²) in [6, 6.07) is 19.4. The summed E-state index contributed by atoms with van der Waals surface area (Å²) in [5, 5.41) is 0. The molecule has 0 radical (unpaired) electrons. The monoisotopic (exact) mass is 729 g/mol. The third-order valence-electron chi connectivity index (χ3n) is 4.62. The zero-order chi connectivity index (χ0) is 23.4. The smallest absolute Gasteiger partial charge is 0.363 e. The number of carbonyl (C=O) groups is 1. The Labute approximate surface area is 227 Å². The molecule has 0 bridgehead atoms. The summed E-state index contributed by atoms with van der Waals surface area (Å²) in [5.74, 6) is 1.09. The second-order valence-corrected chi connectivity index (χ2v) is 10.3. The molecule has 1 aliphatic heterocycles. The second-order valence-electron chi connectivity index (χ2n) is 7.02. The summed E-state index contributed by atoms with van der Waals surface area (Å²) in [5.41, 5.74) is 2.82. The van der Waals surface area contributed by atoms with Crippen LogP contribution in [0.25, 0.3) is 6.08 Å². The topological polar surface area (TPSA) is 57.1 Å². The summed E-state index contributed by atoms with van der Waals surface area (Å²) >= 11 is 7.90. The van der Waals surface area contributed by atoms with Crippen molar-refractivity contribution in [3.8, 4) is 11.5 Å². The highest BCUT2D eigenvalue weighted by Crippen LogP contribution is 2.36. The predicted molar refractivity (Wildman–Crippen MR) is 149 cm³/mol. The lowest BCUT2D eigenvalue weighted by Gasteiger charge is -2.15. The van der Waals surface area contributed by atoms with Crippen LogP contribution in [-0.2, 0) is 16.1 Å². The van der Waals surface area contributed by atoms with Gasteiger partial charge in [0.25, 0.3) is 0 Å². The highest BCUT2D eigenvalue weighted by atomic mass is 127. The SMILES string of the molecule is CCOc1cc(/C=C2\N=C(c3ccc(Br)cc3)OC2=O)cc(I)c1OCc1cccc(I)c1. The minimum absolute atomic E-state index is 0.235. The molecule has 0 aliphatic carbocycles. The normalized spacial score (nSPS) is 14.2. The van der Waals surface area contributed by atoms with Gasteiger partial charge in [-0.25, -0.2) is 9.79 Å². The van der Waals surface area contributed by atoms with Crippen molar-refractivity contribution in [1.82, 2.24) is 0 Å². The van der Waals surface area contributed by atoms with Gasteiger partial charge in [0, 0.05) is 13.6 Å². The highest BCUT2D eigenvalue weighted by molar-refractivity contribution is 14.1. The van der Waals surface area contributed by atoms with Gasteiger partial charge in [-0.1, -0.05) is 28.1 Å². The fourth-order valence-corrected chi connectivity index (χ4v) is 4.79. The lowest BCUT2D eigenvalue weighted by Crippen LogP contribution is -2.05. The molecular weight excluding hydrogens is 712 g/mol. The maximum Gasteiger partial charge on any atom is 0.363 e. The maximum absolute atomic E-state index is 12.4. The van der Waals surface area contributed by atoms with Crippen LogP contribution in [0.1, 0.15) is 23.6 Å². The fourth-order valence-electron chi connectivity index (χ4n) is 3.14. The van der Waals surface area contributed by atoms with Gasteiger partial charge in [-0.2, -0.15) is 0 Å². The number of rotatable bonds is 7. The van der Waals surface area contributed by atoms with Gasteiger partial charge in [-0.3, -0.25) is 0 Å². The Kier molecular flexibility index (Phi) is 8.07. The lowest BCUT2D eigenvalue weighted by molar-refractivity contribution is -0.129. The molecule has 3 aromatic rings. The first kappa shape index (κ1) is 24.2. The number of carbonyl (C=O) groups excluding carboxylic acids is 1. The van der Waals surface area contributed by atoms with E-state index in [2.05, 4.69) is 72.2 Å². The van der Waals surface area contributed by atoms with E-state index in [1.807, 2.05) is 61.5 Å². The van der Waals surface area contributed by atoms with Crippen LogP contribution in [0.5, 0.6) is 11.5 Å². The van der Waals surface area contributed by atoms with Crippen molar-refractivity contribution in [3.05, 3.63) is 94.7 Å². The molecule has 168 valence electrons. The number of nitrogens with zero attached hydrogens (tertiary/aromatic N) is 1. The van der Waals surface area contributed by atoms with E-state index in [4.69, 9.17) is 14.2 Å². The Hall–Kier alpha value is -1.92. The average Bonchev–Trinajstić information content (AvgIpc) is 3.14. The number of hydrogen-bond acceptors (Lipinski definition) is 5. The van der Waals surface area contributed by atoms with Crippen molar-refractivity contribution in [2.24, 2.45) is 4.99 Å². The van der Waals surface area contributed by atoms with Crippen molar-refractivity contribution in [1.29, 1.82) is 0 Å². The van der Waals surface area contributed by atoms with Crippen LogP contribution in [0.3, 0.4) is 0 Å². The molecule has 0 fully saturated rings. The van der Waals surface area contributed by atoms with Crippen LogP contribution < -0.4 is 9.47 Å². The van der Waals surface area contributed by atoms with Gasteiger partial charge in [0.1, 0.15) is 6.61 Å². The van der Waals surface area contributed by atoms with Gasteiger partial charge in [-0.15, -0.1) is 0 Å². The van der Waals surface area contributed by atoms with Crippen molar-refractivity contribution in [3.63, 3.8) is 0 Å². The molecule has 0 spiro atoms. The zero-order valence-corrected chi connectivity index (χ0v) is 23.4. The number of aliphatic imine (C=N–C) groups is 1. The standard InChI is InChI=1S/C25H18BrI2NO4/c1-2-31-22-13-16(11-20(28)23(22)32-14-15-4-3-5-19(27)10-15)12-21-25(30)33-24(29-21)17-6-8-18(26)9-7-17/h3-13H,2,14H2,1H3/b21-12-. The minimum Gasteiger partial charge on any atom is -0.490 e. The number of halogens is 3. The van der Waals surface area contributed by atoms with Gasteiger partial charge < -0.3 is 14.2 Å². The lowest BCUT2D eigenvalue weighted by atomic mass is 10.1. The van der Waals surface area contributed by atoms with Crippen LogP contribution >= 0.6 is 61.1 Å². The average molecular weight is 730 g/mol. The molecule has 1 heterocycles. The Bertz CT molecular complexity index is 1260. The van der Waals surface area contributed by atoms with Gasteiger partial charge >= 0.3 is 5.97 Å². The van der Waals surface area contributed by atoms with Crippen LogP contribution in [-0.4, -0.2) is 18.5 Å². The van der Waals surface area contributed by atoms with E-state index in [1.165, 1.54) is 0 Å². The number of ether oxygens (including phenoxy) is 3. The van der Waals surface area contributed by atoms with Crippen LogP contribution in [0.2, 0.25) is 0 Å². The summed E-state index contributed by atoms with van der Waals surface area (Å²) in [4.78, 5) is 16.8. The molecule has 0 amide bonds. The molecule has 0 N–H and O–H groups in total. The largest absolute Gasteiger partial charge is 0.490 e. The molecule has 3 aromatic carbocycles. The highest BCUT2D eigenvalue weighted by Gasteiger charge is 2.24. The van der Waals surface area contributed by atoms with Gasteiger partial charge in [0.2, 0.25) is 5.90 Å². The van der Waals surface area contributed by atoms with Crippen LogP contribution in [0, 0.1) is 7.14 Å². The molecule has 8 heteroatoms. The molecule has 0 unspecified atom stereocenters. The molecular formula is C25H18BrI2NO4. The van der Waals surface area contributed by atoms with E-state index in [0.29, 0.717) is 24.7 Å². The number of benzene rings is 3. The second kappa shape index (κ2) is 11.0. The Morgan fingerprint density at radius 3 is 2.58 bits per heavy atom. The van der Waals surface area contributed by atoms with Gasteiger partial charge in [0.05, 0.1) is 10.2 Å². The summed E-state index contributed by atoms with van der Waals surface area (Å²) in [7, 11) is 0. The Morgan fingerprint density at radius 2 is 1.85 bits per heavy atom. The number of hydrogen-bond donors (Lipinski definition) is 0. The van der Waals surface area contributed by atoms with E-state index < -0.39 is 5.97 Å². The molecule has 0 saturated carbocycles. The Balaban J connectivity index is 1.61. The predicted octanol–water partition coefficient (Wildman–Crippen LogP) is 6.98. The molecule has 0 aromatic heterocycles. The van der Waals surface area contributed by atoms with Crippen molar-refractivity contribution in [2.45, 2.75) is 13.5 Å².